The lowest BCUT2D eigenvalue weighted by Gasteiger charge is -2.31. The number of likely N-dealkylation sites (tertiary alicyclic amines) is 1. The molecule has 3 heterocycles. The summed E-state index contributed by atoms with van der Waals surface area (Å²) in [4.78, 5) is 23.1. The fraction of sp³-hybridized carbons (Fsp3) is 0.286. The van der Waals surface area contributed by atoms with Gasteiger partial charge in [-0.2, -0.15) is 0 Å². The first-order valence-electron chi connectivity index (χ1n) is 9.08. The van der Waals surface area contributed by atoms with Crippen molar-refractivity contribution in [3.63, 3.8) is 0 Å². The summed E-state index contributed by atoms with van der Waals surface area (Å²) >= 11 is 6.05. The Labute approximate surface area is 163 Å². The summed E-state index contributed by atoms with van der Waals surface area (Å²) in [6.45, 7) is 1.34. The average molecular weight is 382 g/mol. The highest BCUT2D eigenvalue weighted by atomic mass is 35.5. The molecule has 0 aliphatic carbocycles. The van der Waals surface area contributed by atoms with Crippen molar-refractivity contribution in [1.82, 2.24) is 14.9 Å². The van der Waals surface area contributed by atoms with Crippen LogP contribution in [0.3, 0.4) is 0 Å². The summed E-state index contributed by atoms with van der Waals surface area (Å²) in [7, 11) is 0. The average Bonchev–Trinajstić information content (AvgIpc) is 3.17. The van der Waals surface area contributed by atoms with Crippen molar-refractivity contribution in [1.29, 1.82) is 0 Å². The van der Waals surface area contributed by atoms with E-state index < -0.39 is 0 Å². The number of carbonyl (C=O) groups excluding carboxylic acids is 1. The van der Waals surface area contributed by atoms with Crippen LogP contribution in [0.1, 0.15) is 46.5 Å². The van der Waals surface area contributed by atoms with E-state index in [1.54, 1.807) is 18.5 Å². The minimum atomic E-state index is -0.0361. The van der Waals surface area contributed by atoms with Gasteiger partial charge < -0.3 is 9.32 Å². The molecule has 138 valence electrons. The molecule has 2 aromatic heterocycles. The molecule has 4 rings (SSSR count). The van der Waals surface area contributed by atoms with E-state index in [0.29, 0.717) is 29.6 Å². The molecule has 0 radical (unpaired) electrons. The van der Waals surface area contributed by atoms with Crippen LogP contribution in [0.15, 0.2) is 59.3 Å². The van der Waals surface area contributed by atoms with Crippen LogP contribution in [0.2, 0.25) is 5.02 Å². The molecule has 6 heteroatoms. The molecule has 1 aliphatic rings. The van der Waals surface area contributed by atoms with Gasteiger partial charge in [0.2, 0.25) is 0 Å². The largest absolute Gasteiger partial charge is 0.445 e. The maximum atomic E-state index is 12.7. The van der Waals surface area contributed by atoms with E-state index in [0.717, 1.165) is 30.7 Å². The highest BCUT2D eigenvalue weighted by Gasteiger charge is 2.28. The number of rotatable bonds is 4. The lowest BCUT2D eigenvalue weighted by Crippen LogP contribution is -2.39. The van der Waals surface area contributed by atoms with Gasteiger partial charge in [0.25, 0.3) is 5.91 Å². The molecule has 0 unspecified atom stereocenters. The van der Waals surface area contributed by atoms with Gasteiger partial charge in [-0.05, 0) is 42.7 Å². The minimum absolute atomic E-state index is 0.0361. The number of aromatic nitrogens is 2. The fourth-order valence-corrected chi connectivity index (χ4v) is 3.67. The zero-order valence-corrected chi connectivity index (χ0v) is 15.6. The number of hydrogen-bond donors (Lipinski definition) is 0. The maximum absolute atomic E-state index is 12.7. The maximum Gasteiger partial charge on any atom is 0.272 e. The van der Waals surface area contributed by atoms with Gasteiger partial charge in [-0.25, -0.2) is 4.98 Å². The predicted molar refractivity (Wildman–Crippen MR) is 103 cm³/mol. The number of nitrogens with zero attached hydrogens (tertiary/aromatic N) is 3. The van der Waals surface area contributed by atoms with Gasteiger partial charge in [-0.15, -0.1) is 0 Å². The summed E-state index contributed by atoms with van der Waals surface area (Å²) in [5.74, 6) is 1.58. The van der Waals surface area contributed by atoms with Gasteiger partial charge in [0.15, 0.2) is 5.89 Å². The van der Waals surface area contributed by atoms with Crippen LogP contribution in [0, 0.1) is 0 Å². The molecule has 1 atom stereocenters. The molecule has 1 saturated heterocycles. The molecule has 0 bridgehead atoms. The number of amides is 1. The summed E-state index contributed by atoms with van der Waals surface area (Å²) in [5, 5.41) is 0.711. The van der Waals surface area contributed by atoms with E-state index in [1.165, 1.54) is 0 Å². The van der Waals surface area contributed by atoms with Crippen LogP contribution >= 0.6 is 11.6 Å². The van der Waals surface area contributed by atoms with Crippen LogP contribution in [-0.2, 0) is 6.42 Å². The third-order valence-corrected chi connectivity index (χ3v) is 5.02. The van der Waals surface area contributed by atoms with E-state index in [4.69, 9.17) is 16.0 Å². The van der Waals surface area contributed by atoms with Crippen molar-refractivity contribution in [2.75, 3.05) is 13.1 Å². The molecule has 5 nitrogen and oxygen atoms in total. The standard InChI is InChI=1S/C21H20ClN3O2/c22-17-7-3-5-15(11-17)12-18-13-24-20(27-18)16-6-4-10-25(14-16)21(26)19-8-1-2-9-23-19/h1-3,5,7-9,11,13,16H,4,6,10,12,14H2/t16-/m1/s1. The smallest absolute Gasteiger partial charge is 0.272 e. The lowest BCUT2D eigenvalue weighted by molar-refractivity contribution is 0.0692. The summed E-state index contributed by atoms with van der Waals surface area (Å²) in [6, 6.07) is 13.1. The molecular formula is C21H20ClN3O2. The predicted octanol–water partition coefficient (Wildman–Crippen LogP) is 4.33. The first-order valence-corrected chi connectivity index (χ1v) is 9.46. The monoisotopic (exact) mass is 381 g/mol. The van der Waals surface area contributed by atoms with E-state index >= 15 is 0 Å². The van der Waals surface area contributed by atoms with Crippen LogP contribution in [0.25, 0.3) is 0 Å². The third-order valence-electron chi connectivity index (χ3n) is 4.78. The van der Waals surface area contributed by atoms with Gasteiger partial charge >= 0.3 is 0 Å². The molecule has 0 spiro atoms. The zero-order chi connectivity index (χ0) is 18.6. The Bertz CT molecular complexity index is 926. The highest BCUT2D eigenvalue weighted by Crippen LogP contribution is 2.28. The number of piperidine rings is 1. The first-order chi connectivity index (χ1) is 13.2. The lowest BCUT2D eigenvalue weighted by atomic mass is 9.97. The van der Waals surface area contributed by atoms with E-state index in [1.807, 2.05) is 41.3 Å². The van der Waals surface area contributed by atoms with Crippen molar-refractivity contribution in [3.8, 4) is 0 Å². The van der Waals surface area contributed by atoms with Crippen molar-refractivity contribution < 1.29 is 9.21 Å². The highest BCUT2D eigenvalue weighted by molar-refractivity contribution is 6.30. The number of carbonyl (C=O) groups is 1. The van der Waals surface area contributed by atoms with Gasteiger partial charge in [-0.3, -0.25) is 9.78 Å². The van der Waals surface area contributed by atoms with Crippen molar-refractivity contribution in [2.45, 2.75) is 25.2 Å². The second-order valence-corrected chi connectivity index (χ2v) is 7.21. The Morgan fingerprint density at radius 3 is 2.96 bits per heavy atom. The van der Waals surface area contributed by atoms with Crippen LogP contribution < -0.4 is 0 Å². The van der Waals surface area contributed by atoms with Crippen molar-refractivity contribution in [3.05, 3.63) is 82.8 Å². The van der Waals surface area contributed by atoms with E-state index in [9.17, 15) is 4.79 Å². The second-order valence-electron chi connectivity index (χ2n) is 6.78. The van der Waals surface area contributed by atoms with Crippen LogP contribution in [0.4, 0.5) is 0 Å². The first kappa shape index (κ1) is 17.7. The molecular weight excluding hydrogens is 362 g/mol. The Morgan fingerprint density at radius 1 is 1.22 bits per heavy atom. The number of hydrogen-bond acceptors (Lipinski definition) is 4. The Balaban J connectivity index is 1.44. The van der Waals surface area contributed by atoms with Gasteiger partial charge in [-0.1, -0.05) is 29.8 Å². The number of benzene rings is 1. The van der Waals surface area contributed by atoms with E-state index in [2.05, 4.69) is 9.97 Å². The Hall–Kier alpha value is -2.66. The molecule has 1 amide bonds. The van der Waals surface area contributed by atoms with E-state index in [-0.39, 0.29) is 11.8 Å². The third kappa shape index (κ3) is 4.19. The zero-order valence-electron chi connectivity index (χ0n) is 14.8. The van der Waals surface area contributed by atoms with Gasteiger partial charge in [0, 0.05) is 30.7 Å². The minimum Gasteiger partial charge on any atom is -0.445 e. The van der Waals surface area contributed by atoms with Gasteiger partial charge in [0.05, 0.1) is 12.1 Å². The molecule has 1 aromatic carbocycles. The number of oxazole rings is 1. The van der Waals surface area contributed by atoms with Crippen LogP contribution in [0.5, 0.6) is 0 Å². The summed E-state index contributed by atoms with van der Waals surface area (Å²) in [5.41, 5.74) is 1.56. The SMILES string of the molecule is O=C(c1ccccn1)N1CCC[C@@H](c2ncc(Cc3cccc(Cl)c3)o2)C1. The fourth-order valence-electron chi connectivity index (χ4n) is 3.46. The molecule has 1 fully saturated rings. The quantitative estimate of drug-likeness (QED) is 0.674. The topological polar surface area (TPSA) is 59.2 Å². The number of pyridine rings is 1. The Kier molecular flexibility index (Phi) is 5.21. The normalized spacial score (nSPS) is 17.1. The Morgan fingerprint density at radius 2 is 2.15 bits per heavy atom. The van der Waals surface area contributed by atoms with Gasteiger partial charge in [0.1, 0.15) is 11.5 Å². The van der Waals surface area contributed by atoms with Crippen molar-refractivity contribution in [2.24, 2.45) is 0 Å². The molecule has 27 heavy (non-hydrogen) atoms. The molecule has 3 aromatic rings. The molecule has 1 aliphatic heterocycles. The second kappa shape index (κ2) is 7.92. The summed E-state index contributed by atoms with van der Waals surface area (Å²) < 4.78 is 5.99. The number of halogens is 1. The molecule has 0 N–H and O–H groups in total. The van der Waals surface area contributed by atoms with Crippen molar-refractivity contribution >= 4 is 17.5 Å². The summed E-state index contributed by atoms with van der Waals surface area (Å²) in [6.07, 6.45) is 5.95. The molecule has 0 saturated carbocycles. The van der Waals surface area contributed by atoms with Crippen LogP contribution in [-0.4, -0.2) is 33.9 Å².